The van der Waals surface area contributed by atoms with E-state index in [1.54, 1.807) is 12.1 Å². The van der Waals surface area contributed by atoms with Crippen molar-refractivity contribution in [3.63, 3.8) is 0 Å². The van der Waals surface area contributed by atoms with Crippen molar-refractivity contribution in [1.29, 1.82) is 0 Å². The standard InChI is InChI=1S/C13H23N3O2S/c1-3-10-15-19(17,18)13-8-6-5-7-12(13)16(4-2)11-9-14/h5-8,15H,3-4,9-11,14H2,1-2H3. The summed E-state index contributed by atoms with van der Waals surface area (Å²) in [7, 11) is -3.46. The van der Waals surface area contributed by atoms with Crippen molar-refractivity contribution in [3.8, 4) is 0 Å². The maximum Gasteiger partial charge on any atom is 0.242 e. The van der Waals surface area contributed by atoms with Crippen LogP contribution in [-0.2, 0) is 10.0 Å². The molecule has 0 aliphatic carbocycles. The van der Waals surface area contributed by atoms with Crippen LogP contribution in [0.4, 0.5) is 5.69 Å². The summed E-state index contributed by atoms with van der Waals surface area (Å²) in [5.74, 6) is 0. The molecule has 108 valence electrons. The Bertz CT molecular complexity index is 488. The van der Waals surface area contributed by atoms with Crippen molar-refractivity contribution in [2.45, 2.75) is 25.2 Å². The first kappa shape index (κ1) is 15.9. The Morgan fingerprint density at radius 1 is 1.26 bits per heavy atom. The predicted octanol–water partition coefficient (Wildman–Crippen LogP) is 1.16. The van der Waals surface area contributed by atoms with Gasteiger partial charge in [-0.05, 0) is 25.5 Å². The van der Waals surface area contributed by atoms with Gasteiger partial charge in [0.15, 0.2) is 0 Å². The summed E-state index contributed by atoms with van der Waals surface area (Å²) >= 11 is 0. The molecule has 0 heterocycles. The molecule has 0 fully saturated rings. The van der Waals surface area contributed by atoms with Crippen LogP contribution in [0.2, 0.25) is 0 Å². The van der Waals surface area contributed by atoms with Gasteiger partial charge in [0.05, 0.1) is 5.69 Å². The van der Waals surface area contributed by atoms with Crippen LogP contribution in [0.25, 0.3) is 0 Å². The number of nitrogens with zero attached hydrogens (tertiary/aromatic N) is 1. The van der Waals surface area contributed by atoms with Gasteiger partial charge in [0.1, 0.15) is 4.90 Å². The highest BCUT2D eigenvalue weighted by molar-refractivity contribution is 7.89. The number of rotatable bonds is 8. The zero-order valence-electron chi connectivity index (χ0n) is 11.6. The fraction of sp³-hybridized carbons (Fsp3) is 0.538. The van der Waals surface area contributed by atoms with Crippen molar-refractivity contribution in [2.75, 3.05) is 31.1 Å². The third-order valence-electron chi connectivity index (χ3n) is 2.82. The molecule has 0 saturated carbocycles. The molecule has 0 spiro atoms. The lowest BCUT2D eigenvalue weighted by molar-refractivity contribution is 0.580. The molecule has 1 aromatic rings. The minimum atomic E-state index is -3.46. The first-order chi connectivity index (χ1) is 9.06. The molecule has 0 radical (unpaired) electrons. The van der Waals surface area contributed by atoms with Crippen LogP contribution in [0.5, 0.6) is 0 Å². The molecule has 0 saturated heterocycles. The molecule has 5 nitrogen and oxygen atoms in total. The van der Waals surface area contributed by atoms with Gasteiger partial charge in [-0.3, -0.25) is 0 Å². The highest BCUT2D eigenvalue weighted by Crippen LogP contribution is 2.24. The van der Waals surface area contributed by atoms with E-state index in [1.165, 1.54) is 0 Å². The molecule has 0 aromatic heterocycles. The molecule has 0 aliphatic rings. The monoisotopic (exact) mass is 285 g/mol. The molecule has 0 aliphatic heterocycles. The Kier molecular flexibility index (Phi) is 6.27. The second-order valence-corrected chi connectivity index (χ2v) is 5.97. The quantitative estimate of drug-likeness (QED) is 0.751. The lowest BCUT2D eigenvalue weighted by Gasteiger charge is -2.24. The van der Waals surface area contributed by atoms with Gasteiger partial charge in [0.25, 0.3) is 0 Å². The predicted molar refractivity (Wildman–Crippen MR) is 78.9 cm³/mol. The Morgan fingerprint density at radius 3 is 2.53 bits per heavy atom. The van der Waals surface area contributed by atoms with Crippen molar-refractivity contribution < 1.29 is 8.42 Å². The third-order valence-corrected chi connectivity index (χ3v) is 4.33. The number of benzene rings is 1. The Balaban J connectivity index is 3.14. The first-order valence-electron chi connectivity index (χ1n) is 6.60. The lowest BCUT2D eigenvalue weighted by atomic mass is 10.3. The molecular formula is C13H23N3O2S. The van der Waals surface area contributed by atoms with Crippen LogP contribution < -0.4 is 15.4 Å². The van der Waals surface area contributed by atoms with Crippen molar-refractivity contribution in [3.05, 3.63) is 24.3 Å². The van der Waals surface area contributed by atoms with Gasteiger partial charge >= 0.3 is 0 Å². The van der Waals surface area contributed by atoms with E-state index in [1.807, 2.05) is 30.9 Å². The fourth-order valence-electron chi connectivity index (χ4n) is 1.86. The zero-order valence-corrected chi connectivity index (χ0v) is 12.4. The van der Waals surface area contributed by atoms with Gasteiger partial charge in [0.2, 0.25) is 10.0 Å². The Morgan fingerprint density at radius 2 is 1.95 bits per heavy atom. The summed E-state index contributed by atoms with van der Waals surface area (Å²) < 4.78 is 27.1. The molecular weight excluding hydrogens is 262 g/mol. The maximum atomic E-state index is 12.3. The van der Waals surface area contributed by atoms with Crippen LogP contribution in [0, 0.1) is 0 Å². The van der Waals surface area contributed by atoms with Gasteiger partial charge in [-0.2, -0.15) is 0 Å². The van der Waals surface area contributed by atoms with Gasteiger partial charge in [-0.15, -0.1) is 0 Å². The smallest absolute Gasteiger partial charge is 0.242 e. The van der Waals surface area contributed by atoms with E-state index < -0.39 is 10.0 Å². The Labute approximate surface area is 115 Å². The summed E-state index contributed by atoms with van der Waals surface area (Å²) in [4.78, 5) is 2.29. The highest BCUT2D eigenvalue weighted by Gasteiger charge is 2.20. The molecule has 0 amide bonds. The number of nitrogens with one attached hydrogen (secondary N) is 1. The molecule has 19 heavy (non-hydrogen) atoms. The number of sulfonamides is 1. The number of hydrogen-bond acceptors (Lipinski definition) is 4. The van der Waals surface area contributed by atoms with E-state index in [0.29, 0.717) is 30.2 Å². The minimum absolute atomic E-state index is 0.318. The molecule has 3 N–H and O–H groups in total. The van der Waals surface area contributed by atoms with E-state index in [4.69, 9.17) is 5.73 Å². The largest absolute Gasteiger partial charge is 0.369 e. The summed E-state index contributed by atoms with van der Waals surface area (Å²) in [6.45, 7) is 6.21. The van der Waals surface area contributed by atoms with E-state index in [9.17, 15) is 8.42 Å². The topological polar surface area (TPSA) is 75.4 Å². The van der Waals surface area contributed by atoms with E-state index in [0.717, 1.165) is 13.0 Å². The van der Waals surface area contributed by atoms with Gasteiger partial charge < -0.3 is 10.6 Å². The minimum Gasteiger partial charge on any atom is -0.369 e. The van der Waals surface area contributed by atoms with Crippen LogP contribution in [0.3, 0.4) is 0 Å². The Hall–Kier alpha value is -1.11. The van der Waals surface area contributed by atoms with Gasteiger partial charge in [-0.25, -0.2) is 13.1 Å². The van der Waals surface area contributed by atoms with Crippen LogP contribution in [0.1, 0.15) is 20.3 Å². The molecule has 0 unspecified atom stereocenters. The average Bonchev–Trinajstić information content (AvgIpc) is 2.42. The lowest BCUT2D eigenvalue weighted by Crippen LogP contribution is -2.32. The SMILES string of the molecule is CCCNS(=O)(=O)c1ccccc1N(CC)CCN. The summed E-state index contributed by atoms with van der Waals surface area (Å²) in [6.07, 6.45) is 0.766. The number of anilines is 1. The van der Waals surface area contributed by atoms with Crippen LogP contribution >= 0.6 is 0 Å². The number of para-hydroxylation sites is 1. The normalized spacial score (nSPS) is 11.5. The van der Waals surface area contributed by atoms with E-state index in [2.05, 4.69) is 4.72 Å². The molecule has 0 bridgehead atoms. The number of nitrogens with two attached hydrogens (primary N) is 1. The molecule has 0 atom stereocenters. The highest BCUT2D eigenvalue weighted by atomic mass is 32.2. The fourth-order valence-corrected chi connectivity index (χ4v) is 3.22. The summed E-state index contributed by atoms with van der Waals surface area (Å²) in [5.41, 5.74) is 6.28. The maximum absolute atomic E-state index is 12.3. The van der Waals surface area contributed by atoms with Crippen molar-refractivity contribution in [2.24, 2.45) is 5.73 Å². The number of hydrogen-bond donors (Lipinski definition) is 2. The third kappa shape index (κ3) is 4.19. The first-order valence-corrected chi connectivity index (χ1v) is 8.08. The summed E-state index contributed by atoms with van der Waals surface area (Å²) in [5, 5.41) is 0. The van der Waals surface area contributed by atoms with E-state index >= 15 is 0 Å². The zero-order chi connectivity index (χ0) is 14.3. The van der Waals surface area contributed by atoms with Gasteiger partial charge in [0, 0.05) is 26.2 Å². The second-order valence-electron chi connectivity index (χ2n) is 4.23. The van der Waals surface area contributed by atoms with Gasteiger partial charge in [-0.1, -0.05) is 19.1 Å². The van der Waals surface area contributed by atoms with Crippen LogP contribution in [0.15, 0.2) is 29.2 Å². The molecule has 1 rings (SSSR count). The van der Waals surface area contributed by atoms with Crippen molar-refractivity contribution >= 4 is 15.7 Å². The van der Waals surface area contributed by atoms with E-state index in [-0.39, 0.29) is 0 Å². The number of likely N-dealkylation sites (N-methyl/N-ethyl adjacent to an activating group) is 1. The van der Waals surface area contributed by atoms with Crippen molar-refractivity contribution in [1.82, 2.24) is 4.72 Å². The average molecular weight is 285 g/mol. The molecule has 1 aromatic carbocycles. The molecule has 6 heteroatoms. The summed E-state index contributed by atoms with van der Waals surface area (Å²) in [6, 6.07) is 7.03. The van der Waals surface area contributed by atoms with Crippen LogP contribution in [-0.4, -0.2) is 34.6 Å². The second kappa shape index (κ2) is 7.47.